The molecule has 0 radical (unpaired) electrons. The summed E-state index contributed by atoms with van der Waals surface area (Å²) in [5, 5.41) is 0. The van der Waals surface area contributed by atoms with Gasteiger partial charge in [-0.05, 0) is 19.8 Å². The summed E-state index contributed by atoms with van der Waals surface area (Å²) < 4.78 is 5.97. The first-order valence-corrected chi connectivity index (χ1v) is 9.29. The second-order valence-corrected chi connectivity index (χ2v) is 6.90. The van der Waals surface area contributed by atoms with Crippen LogP contribution in [0.25, 0.3) is 0 Å². The average molecular weight is 229 g/mol. The van der Waals surface area contributed by atoms with Gasteiger partial charge >= 0.3 is 14.5 Å². The quantitative estimate of drug-likeness (QED) is 0.443. The zero-order valence-electron chi connectivity index (χ0n) is 11.3. The Morgan fingerprint density at radius 1 is 1.07 bits per heavy atom. The van der Waals surface area contributed by atoms with Gasteiger partial charge in [0.25, 0.3) is 0 Å². The normalized spacial score (nSPS) is 13.2. The van der Waals surface area contributed by atoms with Gasteiger partial charge in [-0.1, -0.05) is 38.3 Å². The number of unbranched alkanes of at least 4 members (excludes halogenated alkanes) is 2. The highest BCUT2D eigenvalue weighted by Crippen LogP contribution is 2.07. The molecule has 0 aromatic carbocycles. The molecule has 0 aliphatic rings. The van der Waals surface area contributed by atoms with Gasteiger partial charge in [0.1, 0.15) is 0 Å². The smallest absolute Gasteiger partial charge is 0.455 e. The van der Waals surface area contributed by atoms with E-state index in [2.05, 4.69) is 37.2 Å². The highest BCUT2D eigenvalue weighted by Gasteiger charge is 2.16. The maximum Gasteiger partial charge on any atom is 0.455 e. The van der Waals surface area contributed by atoms with Gasteiger partial charge in [0.05, 0.1) is 6.23 Å². The number of nitrogens with zero attached hydrogens (tertiary/aromatic N) is 1. The number of hydrogen-bond donors (Lipinski definition) is 0. The molecule has 0 heterocycles. The maximum absolute atomic E-state index is 5.97. The summed E-state index contributed by atoms with van der Waals surface area (Å²) in [7, 11) is 0. The van der Waals surface area contributed by atoms with Gasteiger partial charge in [-0.2, -0.15) is 0 Å². The molecule has 0 aromatic heterocycles. The number of hydrogen-bond acceptors (Lipinski definition) is 2. The lowest BCUT2D eigenvalue weighted by molar-refractivity contribution is 0.0366. The van der Waals surface area contributed by atoms with Crippen molar-refractivity contribution >= 4 is 14.5 Å². The van der Waals surface area contributed by atoms with Crippen molar-refractivity contribution in [3.8, 4) is 0 Å². The molecule has 0 aliphatic heterocycles. The molecule has 0 aliphatic carbocycles. The van der Waals surface area contributed by atoms with Crippen molar-refractivity contribution in [2.24, 2.45) is 0 Å². The molecular formula is C12H28AlNO. The van der Waals surface area contributed by atoms with Crippen LogP contribution in [0.5, 0.6) is 0 Å². The first kappa shape index (κ1) is 15.5. The van der Waals surface area contributed by atoms with Crippen LogP contribution in [0.15, 0.2) is 0 Å². The summed E-state index contributed by atoms with van der Waals surface area (Å²) in [4.78, 5) is 2.50. The minimum Gasteiger partial charge on any atom is -0.487 e. The predicted molar refractivity (Wildman–Crippen MR) is 69.4 cm³/mol. The second kappa shape index (κ2) is 9.66. The van der Waals surface area contributed by atoms with Crippen LogP contribution in [-0.2, 0) is 3.79 Å². The van der Waals surface area contributed by atoms with Crippen LogP contribution in [0.4, 0.5) is 0 Å². The van der Waals surface area contributed by atoms with Crippen LogP contribution in [-0.4, -0.2) is 38.7 Å². The first-order valence-electron chi connectivity index (χ1n) is 6.51. The fourth-order valence-electron chi connectivity index (χ4n) is 1.68. The second-order valence-electron chi connectivity index (χ2n) is 4.53. The standard InChI is InChI=1S/C10H22NO.2CH3.Al/c1-4-6-8-11(10(3)12)9-7-5-2;;;/h10H,4-9H2,1-3H3;2*1H3;/q-1;;;+1. The third-order valence-corrected chi connectivity index (χ3v) is 3.52. The lowest BCUT2D eigenvalue weighted by Gasteiger charge is -2.30. The van der Waals surface area contributed by atoms with Gasteiger partial charge in [-0.25, -0.2) is 0 Å². The van der Waals surface area contributed by atoms with E-state index in [1.165, 1.54) is 38.8 Å². The average Bonchev–Trinajstić information content (AvgIpc) is 2.17. The van der Waals surface area contributed by atoms with E-state index in [0.717, 1.165) is 0 Å². The Morgan fingerprint density at radius 2 is 1.53 bits per heavy atom. The minimum absolute atomic E-state index is 0.328. The third kappa shape index (κ3) is 8.28. The van der Waals surface area contributed by atoms with Crippen LogP contribution in [0.3, 0.4) is 0 Å². The third-order valence-electron chi connectivity index (χ3n) is 2.58. The predicted octanol–water partition coefficient (Wildman–Crippen LogP) is 3.50. The zero-order chi connectivity index (χ0) is 11.7. The largest absolute Gasteiger partial charge is 0.487 e. The molecule has 2 nitrogen and oxygen atoms in total. The van der Waals surface area contributed by atoms with Crippen molar-refractivity contribution in [1.29, 1.82) is 0 Å². The van der Waals surface area contributed by atoms with Crippen molar-refractivity contribution in [3.63, 3.8) is 0 Å². The lowest BCUT2D eigenvalue weighted by atomic mass is 10.2. The van der Waals surface area contributed by atoms with Crippen LogP contribution in [0.1, 0.15) is 46.5 Å². The Morgan fingerprint density at radius 3 is 1.87 bits per heavy atom. The topological polar surface area (TPSA) is 12.5 Å². The van der Waals surface area contributed by atoms with E-state index in [-0.39, 0.29) is 0 Å². The monoisotopic (exact) mass is 229 g/mol. The van der Waals surface area contributed by atoms with Crippen LogP contribution < -0.4 is 0 Å². The summed E-state index contributed by atoms with van der Waals surface area (Å²) in [5.74, 6) is 4.49. The molecule has 1 unspecified atom stereocenters. The van der Waals surface area contributed by atoms with Gasteiger partial charge < -0.3 is 3.79 Å². The molecule has 1 atom stereocenters. The Kier molecular flexibility index (Phi) is 9.95. The fourth-order valence-corrected chi connectivity index (χ4v) is 2.64. The minimum atomic E-state index is -0.894. The van der Waals surface area contributed by atoms with E-state index < -0.39 is 14.5 Å². The van der Waals surface area contributed by atoms with Gasteiger partial charge in [0.15, 0.2) is 0 Å². The molecule has 0 aromatic rings. The fraction of sp³-hybridized carbons (Fsp3) is 1.00. The molecule has 0 N–H and O–H groups in total. The molecule has 0 bridgehead atoms. The Hall–Kier alpha value is 0.452. The lowest BCUT2D eigenvalue weighted by Crippen LogP contribution is -2.39. The van der Waals surface area contributed by atoms with E-state index in [1.54, 1.807) is 0 Å². The van der Waals surface area contributed by atoms with E-state index in [1.807, 2.05) is 0 Å². The van der Waals surface area contributed by atoms with Crippen molar-refractivity contribution in [2.75, 3.05) is 13.1 Å². The highest BCUT2D eigenvalue weighted by atomic mass is 27.2. The van der Waals surface area contributed by atoms with Crippen molar-refractivity contribution in [1.82, 2.24) is 4.90 Å². The van der Waals surface area contributed by atoms with Gasteiger partial charge in [0, 0.05) is 13.1 Å². The SMILES string of the molecule is CCCCN(CCCC)C(C)[O][Al]([CH3])[CH3]. The molecular weight excluding hydrogens is 201 g/mol. The summed E-state index contributed by atoms with van der Waals surface area (Å²) >= 11 is -0.894. The zero-order valence-corrected chi connectivity index (χ0v) is 12.4. The van der Waals surface area contributed by atoms with E-state index in [0.29, 0.717) is 6.23 Å². The summed E-state index contributed by atoms with van der Waals surface area (Å²) in [6, 6.07) is 0. The van der Waals surface area contributed by atoms with E-state index >= 15 is 0 Å². The Balaban J connectivity index is 3.95. The van der Waals surface area contributed by atoms with E-state index in [4.69, 9.17) is 3.79 Å². The molecule has 0 amide bonds. The Labute approximate surface area is 101 Å². The van der Waals surface area contributed by atoms with Crippen LogP contribution >= 0.6 is 0 Å². The van der Waals surface area contributed by atoms with Crippen molar-refractivity contribution in [3.05, 3.63) is 0 Å². The summed E-state index contributed by atoms with van der Waals surface area (Å²) in [6.07, 6.45) is 5.45. The highest BCUT2D eigenvalue weighted by molar-refractivity contribution is 6.48. The van der Waals surface area contributed by atoms with Gasteiger partial charge in [-0.3, -0.25) is 4.90 Å². The molecule has 90 valence electrons. The molecule has 0 saturated carbocycles. The first-order chi connectivity index (χ1) is 7.11. The summed E-state index contributed by atoms with van der Waals surface area (Å²) in [6.45, 7) is 9.09. The molecule has 0 fully saturated rings. The van der Waals surface area contributed by atoms with Gasteiger partial charge in [0.2, 0.25) is 0 Å². The van der Waals surface area contributed by atoms with Crippen LogP contribution in [0, 0.1) is 0 Å². The van der Waals surface area contributed by atoms with E-state index in [9.17, 15) is 0 Å². The van der Waals surface area contributed by atoms with Crippen LogP contribution in [0.2, 0.25) is 11.6 Å². The summed E-state index contributed by atoms with van der Waals surface area (Å²) in [5.41, 5.74) is 0. The molecule has 15 heavy (non-hydrogen) atoms. The Bertz CT molecular complexity index is 134. The molecule has 0 saturated heterocycles. The molecule has 0 rings (SSSR count). The van der Waals surface area contributed by atoms with Crippen molar-refractivity contribution in [2.45, 2.75) is 64.3 Å². The number of rotatable bonds is 9. The van der Waals surface area contributed by atoms with Gasteiger partial charge in [-0.15, -0.1) is 0 Å². The molecule has 3 heteroatoms. The molecule has 0 spiro atoms. The van der Waals surface area contributed by atoms with Crippen molar-refractivity contribution < 1.29 is 3.79 Å². The maximum atomic E-state index is 5.97.